The fourth-order valence-corrected chi connectivity index (χ4v) is 4.99. The Bertz CT molecular complexity index is 1360. The summed E-state index contributed by atoms with van der Waals surface area (Å²) in [5.41, 5.74) is 3.24. The highest BCUT2D eigenvalue weighted by Gasteiger charge is 2.20. The highest BCUT2D eigenvalue weighted by Crippen LogP contribution is 2.32. The first-order chi connectivity index (χ1) is 16.6. The Morgan fingerprint density at radius 2 is 1.94 bits per heavy atom. The van der Waals surface area contributed by atoms with Gasteiger partial charge in [-0.15, -0.1) is 0 Å². The van der Waals surface area contributed by atoms with Crippen LogP contribution in [0.25, 0.3) is 22.2 Å². The number of aryl methyl sites for hydroxylation is 1. The van der Waals surface area contributed by atoms with Crippen LogP contribution in [0.3, 0.4) is 0 Å². The SMILES string of the molecule is CCn1nc2c(F)cc(N3CCNCC3)cc2c1CNc1nc(-c2ccc(F)cc2)c(C#N)s1. The molecular formula is C24H23F2N7S. The maximum absolute atomic E-state index is 15.0. The number of aromatic nitrogens is 3. The van der Waals surface area contributed by atoms with Gasteiger partial charge in [-0.1, -0.05) is 11.3 Å². The molecule has 174 valence electrons. The van der Waals surface area contributed by atoms with Gasteiger partial charge in [-0.05, 0) is 43.3 Å². The van der Waals surface area contributed by atoms with E-state index in [1.54, 1.807) is 22.9 Å². The number of piperazine rings is 1. The first-order valence-corrected chi connectivity index (χ1v) is 11.9. The lowest BCUT2D eigenvalue weighted by Crippen LogP contribution is -2.43. The van der Waals surface area contributed by atoms with Crippen LogP contribution < -0.4 is 15.5 Å². The van der Waals surface area contributed by atoms with E-state index < -0.39 is 0 Å². The van der Waals surface area contributed by atoms with E-state index in [2.05, 4.69) is 31.7 Å². The minimum absolute atomic E-state index is 0.334. The van der Waals surface area contributed by atoms with Crippen molar-refractivity contribution >= 4 is 33.1 Å². The van der Waals surface area contributed by atoms with Crippen molar-refractivity contribution in [1.29, 1.82) is 5.26 Å². The molecule has 10 heteroatoms. The molecule has 0 atom stereocenters. The molecular weight excluding hydrogens is 456 g/mol. The second-order valence-electron chi connectivity index (χ2n) is 7.99. The summed E-state index contributed by atoms with van der Waals surface area (Å²) in [6, 6.07) is 11.6. The number of halogens is 2. The number of fused-ring (bicyclic) bond motifs is 1. The lowest BCUT2D eigenvalue weighted by Gasteiger charge is -2.29. The molecule has 1 fully saturated rings. The summed E-state index contributed by atoms with van der Waals surface area (Å²) in [5, 5.41) is 22.0. The monoisotopic (exact) mass is 479 g/mol. The predicted molar refractivity (Wildman–Crippen MR) is 130 cm³/mol. The minimum Gasteiger partial charge on any atom is -0.369 e. The van der Waals surface area contributed by atoms with Crippen LogP contribution in [0, 0.1) is 23.0 Å². The summed E-state index contributed by atoms with van der Waals surface area (Å²) in [7, 11) is 0. The summed E-state index contributed by atoms with van der Waals surface area (Å²) in [4.78, 5) is 7.18. The van der Waals surface area contributed by atoms with Crippen molar-refractivity contribution in [2.24, 2.45) is 0 Å². The molecule has 2 N–H and O–H groups in total. The quantitative estimate of drug-likeness (QED) is 0.428. The average Bonchev–Trinajstić information content (AvgIpc) is 3.45. The Labute approximate surface area is 199 Å². The van der Waals surface area contributed by atoms with Crippen LogP contribution in [0.5, 0.6) is 0 Å². The highest BCUT2D eigenvalue weighted by atomic mass is 32.1. The Kier molecular flexibility index (Phi) is 6.13. The number of thiazole rings is 1. The Morgan fingerprint density at radius 1 is 1.18 bits per heavy atom. The third-order valence-electron chi connectivity index (χ3n) is 5.93. The molecule has 0 unspecified atom stereocenters. The zero-order valence-corrected chi connectivity index (χ0v) is 19.4. The van der Waals surface area contributed by atoms with Crippen LogP contribution in [0.2, 0.25) is 0 Å². The second-order valence-corrected chi connectivity index (χ2v) is 8.99. The Hall–Kier alpha value is -3.55. The van der Waals surface area contributed by atoms with Crippen molar-refractivity contribution in [2.45, 2.75) is 20.0 Å². The maximum atomic E-state index is 15.0. The molecule has 2 aromatic carbocycles. The predicted octanol–water partition coefficient (Wildman–Crippen LogP) is 4.35. The van der Waals surface area contributed by atoms with E-state index in [1.807, 2.05) is 13.0 Å². The first kappa shape index (κ1) is 22.3. The van der Waals surface area contributed by atoms with Crippen LogP contribution in [0.15, 0.2) is 36.4 Å². The number of hydrogen-bond acceptors (Lipinski definition) is 7. The van der Waals surface area contributed by atoms with Crippen molar-refractivity contribution in [1.82, 2.24) is 20.1 Å². The minimum atomic E-state index is -0.344. The lowest BCUT2D eigenvalue weighted by molar-refractivity contribution is 0.585. The van der Waals surface area contributed by atoms with Gasteiger partial charge in [0.05, 0.1) is 12.2 Å². The van der Waals surface area contributed by atoms with Gasteiger partial charge in [-0.25, -0.2) is 13.8 Å². The van der Waals surface area contributed by atoms with Crippen molar-refractivity contribution in [2.75, 3.05) is 36.4 Å². The van der Waals surface area contributed by atoms with Gasteiger partial charge in [-0.2, -0.15) is 10.4 Å². The van der Waals surface area contributed by atoms with Crippen molar-refractivity contribution in [3.8, 4) is 17.3 Å². The molecule has 4 aromatic rings. The van der Waals surface area contributed by atoms with E-state index in [0.29, 0.717) is 39.9 Å². The van der Waals surface area contributed by atoms with Gasteiger partial charge in [0.15, 0.2) is 10.9 Å². The molecule has 0 spiro atoms. The van der Waals surface area contributed by atoms with Crippen LogP contribution in [0.1, 0.15) is 17.5 Å². The molecule has 0 radical (unpaired) electrons. The second kappa shape index (κ2) is 9.37. The summed E-state index contributed by atoms with van der Waals surface area (Å²) in [6.07, 6.45) is 0. The van der Waals surface area contributed by atoms with E-state index >= 15 is 4.39 Å². The van der Waals surface area contributed by atoms with Crippen LogP contribution in [0.4, 0.5) is 19.6 Å². The van der Waals surface area contributed by atoms with E-state index in [0.717, 1.165) is 42.9 Å². The fourth-order valence-electron chi connectivity index (χ4n) is 4.21. The van der Waals surface area contributed by atoms with E-state index in [9.17, 15) is 9.65 Å². The van der Waals surface area contributed by atoms with Crippen LogP contribution in [-0.4, -0.2) is 40.9 Å². The van der Waals surface area contributed by atoms with E-state index in [4.69, 9.17) is 0 Å². The Balaban J connectivity index is 1.46. The topological polar surface area (TPSA) is 81.8 Å². The van der Waals surface area contributed by atoms with Gasteiger partial charge in [0.2, 0.25) is 0 Å². The van der Waals surface area contributed by atoms with Gasteiger partial charge >= 0.3 is 0 Å². The molecule has 0 aliphatic carbocycles. The zero-order valence-electron chi connectivity index (χ0n) is 18.6. The number of nitrogens with one attached hydrogen (secondary N) is 2. The van der Waals surface area contributed by atoms with Gasteiger partial charge in [0, 0.05) is 49.4 Å². The smallest absolute Gasteiger partial charge is 0.184 e. The normalized spacial score (nSPS) is 13.9. The van der Waals surface area contributed by atoms with E-state index in [-0.39, 0.29) is 11.6 Å². The fraction of sp³-hybridized carbons (Fsp3) is 0.292. The summed E-state index contributed by atoms with van der Waals surface area (Å²) in [6.45, 7) is 6.31. The van der Waals surface area contributed by atoms with E-state index in [1.165, 1.54) is 23.5 Å². The summed E-state index contributed by atoms with van der Waals surface area (Å²) < 4.78 is 30.1. The third kappa shape index (κ3) is 4.20. The molecule has 3 heterocycles. The lowest BCUT2D eigenvalue weighted by atomic mass is 10.1. The third-order valence-corrected chi connectivity index (χ3v) is 6.84. The highest BCUT2D eigenvalue weighted by molar-refractivity contribution is 7.16. The van der Waals surface area contributed by atoms with Gasteiger partial charge in [-0.3, -0.25) is 4.68 Å². The van der Waals surface area contributed by atoms with Gasteiger partial charge in [0.1, 0.15) is 28.0 Å². The number of hydrogen-bond donors (Lipinski definition) is 2. The largest absolute Gasteiger partial charge is 0.369 e. The van der Waals surface area contributed by atoms with Crippen molar-refractivity contribution in [3.63, 3.8) is 0 Å². The van der Waals surface area contributed by atoms with Crippen molar-refractivity contribution < 1.29 is 8.78 Å². The number of rotatable bonds is 6. The van der Waals surface area contributed by atoms with Crippen LogP contribution >= 0.6 is 11.3 Å². The van der Waals surface area contributed by atoms with Crippen molar-refractivity contribution in [3.05, 3.63) is 58.6 Å². The summed E-state index contributed by atoms with van der Waals surface area (Å²) >= 11 is 1.23. The molecule has 1 aliphatic heterocycles. The number of benzene rings is 2. The number of nitriles is 1. The molecule has 0 bridgehead atoms. The molecule has 2 aromatic heterocycles. The molecule has 0 saturated carbocycles. The van der Waals surface area contributed by atoms with Gasteiger partial charge in [0.25, 0.3) is 0 Å². The zero-order chi connectivity index (χ0) is 23.7. The Morgan fingerprint density at radius 3 is 2.65 bits per heavy atom. The number of anilines is 2. The molecule has 1 saturated heterocycles. The number of nitrogens with zero attached hydrogens (tertiary/aromatic N) is 5. The molecule has 34 heavy (non-hydrogen) atoms. The maximum Gasteiger partial charge on any atom is 0.184 e. The van der Waals surface area contributed by atoms with Crippen LogP contribution in [-0.2, 0) is 13.1 Å². The first-order valence-electron chi connectivity index (χ1n) is 11.1. The summed E-state index contributed by atoms with van der Waals surface area (Å²) in [5.74, 6) is -0.679. The van der Waals surface area contributed by atoms with Gasteiger partial charge < -0.3 is 15.5 Å². The standard InChI is InChI=1S/C24H23F2N7S/c1-2-33-20(18-11-17(12-19(26)23(18)31-33)32-9-7-28-8-10-32)14-29-24-30-22(21(13-27)34-24)15-3-5-16(25)6-4-15/h3-6,11-12,28H,2,7-10,14H2,1H3,(H,29,30). The molecule has 0 amide bonds. The molecule has 5 rings (SSSR count). The molecule has 1 aliphatic rings. The average molecular weight is 480 g/mol. The molecule has 7 nitrogen and oxygen atoms in total.